The highest BCUT2D eigenvalue weighted by Crippen LogP contribution is 2.32. The molecular formula is C26H31N3O4. The zero-order valence-corrected chi connectivity index (χ0v) is 19.5. The zero-order chi connectivity index (χ0) is 23.5. The maximum Gasteiger partial charge on any atom is 0.332 e. The Morgan fingerprint density at radius 3 is 2.36 bits per heavy atom. The molecule has 2 saturated heterocycles. The molecule has 2 aliphatic rings. The number of hydrogen-bond acceptors (Lipinski definition) is 4. The van der Waals surface area contributed by atoms with Crippen molar-refractivity contribution in [3.63, 3.8) is 0 Å². The Morgan fingerprint density at radius 1 is 1.00 bits per heavy atom. The number of benzene rings is 2. The summed E-state index contributed by atoms with van der Waals surface area (Å²) in [5.41, 5.74) is 2.77. The van der Waals surface area contributed by atoms with E-state index in [2.05, 4.69) is 0 Å². The highest BCUT2D eigenvalue weighted by atomic mass is 16.5. The number of ether oxygens (including phenoxy) is 1. The summed E-state index contributed by atoms with van der Waals surface area (Å²) in [7, 11) is 1.63. The lowest BCUT2D eigenvalue weighted by molar-refractivity contribution is -0.138. The van der Waals surface area contributed by atoms with Crippen molar-refractivity contribution in [1.29, 1.82) is 0 Å². The van der Waals surface area contributed by atoms with Crippen molar-refractivity contribution in [1.82, 2.24) is 9.80 Å². The molecule has 174 valence electrons. The fourth-order valence-corrected chi connectivity index (χ4v) is 4.72. The zero-order valence-electron chi connectivity index (χ0n) is 19.5. The number of aryl methyl sites for hydroxylation is 1. The second kappa shape index (κ2) is 9.65. The molecule has 7 heteroatoms. The van der Waals surface area contributed by atoms with Gasteiger partial charge in [0, 0.05) is 12.2 Å². The maximum atomic E-state index is 13.4. The molecule has 2 aromatic carbocycles. The Bertz CT molecular complexity index is 1020. The number of urea groups is 1. The summed E-state index contributed by atoms with van der Waals surface area (Å²) >= 11 is 0. The molecule has 2 fully saturated rings. The van der Waals surface area contributed by atoms with Gasteiger partial charge in [0.15, 0.2) is 0 Å². The van der Waals surface area contributed by atoms with Crippen molar-refractivity contribution in [3.8, 4) is 5.75 Å². The van der Waals surface area contributed by atoms with E-state index in [4.69, 9.17) is 4.74 Å². The molecule has 0 radical (unpaired) electrons. The molecule has 0 aromatic heterocycles. The molecule has 0 bridgehead atoms. The minimum Gasteiger partial charge on any atom is -0.497 e. The van der Waals surface area contributed by atoms with E-state index in [1.54, 1.807) is 14.0 Å². The number of methoxy groups -OCH3 is 1. The van der Waals surface area contributed by atoms with Crippen LogP contribution in [0.3, 0.4) is 0 Å². The van der Waals surface area contributed by atoms with Crippen molar-refractivity contribution < 1.29 is 19.1 Å². The number of hydrogen-bond donors (Lipinski definition) is 0. The van der Waals surface area contributed by atoms with Crippen LogP contribution in [0, 0.1) is 6.92 Å². The average Bonchev–Trinajstić information content (AvgIpc) is 3.00. The summed E-state index contributed by atoms with van der Waals surface area (Å²) in [6.45, 7) is 4.05. The highest BCUT2D eigenvalue weighted by molar-refractivity contribution is 6.15. The molecule has 0 spiro atoms. The number of nitrogens with zero attached hydrogens (tertiary/aromatic N) is 3. The van der Waals surface area contributed by atoms with E-state index in [1.807, 2.05) is 60.4 Å². The largest absolute Gasteiger partial charge is 0.497 e. The fourth-order valence-electron chi connectivity index (χ4n) is 4.72. The average molecular weight is 450 g/mol. The van der Waals surface area contributed by atoms with E-state index in [1.165, 1.54) is 4.90 Å². The minimum absolute atomic E-state index is 0.0793. The van der Waals surface area contributed by atoms with Gasteiger partial charge in [-0.05, 0) is 56.5 Å². The number of amides is 4. The van der Waals surface area contributed by atoms with Crippen LogP contribution in [0.25, 0.3) is 0 Å². The second-order valence-electron chi connectivity index (χ2n) is 8.81. The third-order valence-electron chi connectivity index (χ3n) is 6.63. The third-order valence-corrected chi connectivity index (χ3v) is 6.63. The lowest BCUT2D eigenvalue weighted by atomic mass is 10.0. The Hall–Kier alpha value is -3.35. The monoisotopic (exact) mass is 449 g/mol. The predicted molar refractivity (Wildman–Crippen MR) is 126 cm³/mol. The first-order valence-electron chi connectivity index (χ1n) is 11.6. The van der Waals surface area contributed by atoms with E-state index in [0.717, 1.165) is 47.5 Å². The highest BCUT2D eigenvalue weighted by Gasteiger charge is 2.45. The molecular weight excluding hydrogens is 418 g/mol. The molecule has 7 nitrogen and oxygen atoms in total. The molecule has 0 saturated carbocycles. The van der Waals surface area contributed by atoms with Gasteiger partial charge in [-0.2, -0.15) is 0 Å². The lowest BCUT2D eigenvalue weighted by Crippen LogP contribution is -2.44. The summed E-state index contributed by atoms with van der Waals surface area (Å²) in [5, 5.41) is 0. The van der Waals surface area contributed by atoms with Gasteiger partial charge in [0.25, 0.3) is 5.91 Å². The molecule has 2 atom stereocenters. The topological polar surface area (TPSA) is 70.2 Å². The number of carbonyl (C=O) groups excluding carboxylic acids is 3. The number of anilines is 1. The summed E-state index contributed by atoms with van der Waals surface area (Å²) in [6, 6.07) is 14.1. The van der Waals surface area contributed by atoms with Crippen LogP contribution >= 0.6 is 0 Å². The van der Waals surface area contributed by atoms with Crippen molar-refractivity contribution >= 4 is 23.5 Å². The van der Waals surface area contributed by atoms with Crippen molar-refractivity contribution in [3.05, 3.63) is 59.7 Å². The summed E-state index contributed by atoms with van der Waals surface area (Å²) in [5.74, 6) is 0.228. The van der Waals surface area contributed by atoms with E-state index in [9.17, 15) is 14.4 Å². The van der Waals surface area contributed by atoms with E-state index < -0.39 is 12.1 Å². The molecule has 4 amide bonds. The van der Waals surface area contributed by atoms with Crippen LogP contribution in [0.5, 0.6) is 5.75 Å². The Kier molecular flexibility index (Phi) is 6.67. The number of rotatable bonds is 5. The van der Waals surface area contributed by atoms with Crippen LogP contribution in [0.4, 0.5) is 10.5 Å². The van der Waals surface area contributed by atoms with Gasteiger partial charge in [-0.1, -0.05) is 42.7 Å². The molecule has 33 heavy (non-hydrogen) atoms. The molecule has 2 aromatic rings. The molecule has 2 heterocycles. The van der Waals surface area contributed by atoms with Gasteiger partial charge >= 0.3 is 6.03 Å². The maximum absolute atomic E-state index is 13.4. The first kappa shape index (κ1) is 22.8. The Balaban J connectivity index is 1.54. The van der Waals surface area contributed by atoms with Crippen LogP contribution in [-0.2, 0) is 9.59 Å². The molecule has 0 aliphatic carbocycles. The van der Waals surface area contributed by atoms with E-state index in [0.29, 0.717) is 12.2 Å². The third kappa shape index (κ3) is 4.58. The van der Waals surface area contributed by atoms with Crippen LogP contribution in [0.2, 0.25) is 0 Å². The number of likely N-dealkylation sites (tertiary alicyclic amines) is 1. The van der Waals surface area contributed by atoms with Crippen LogP contribution in [0.1, 0.15) is 49.8 Å². The standard InChI is InChI=1S/C26H31N3O4/c1-18-8-12-21(13-9-18)29-19(2)25(31)28(26(29)32)17-24(30)27-16-6-4-5-7-23(27)20-10-14-22(33-3)15-11-20/h8-15,19,23H,4-7,16-17H2,1-3H3. The minimum atomic E-state index is -0.644. The van der Waals surface area contributed by atoms with Gasteiger partial charge in [-0.15, -0.1) is 0 Å². The second-order valence-corrected chi connectivity index (χ2v) is 8.81. The van der Waals surface area contributed by atoms with Gasteiger partial charge in [-0.25, -0.2) is 4.79 Å². The van der Waals surface area contributed by atoms with Gasteiger partial charge in [-0.3, -0.25) is 19.4 Å². The van der Waals surface area contributed by atoms with Crippen molar-refractivity contribution in [2.75, 3.05) is 25.1 Å². The number of imide groups is 1. The van der Waals surface area contributed by atoms with E-state index in [-0.39, 0.29) is 24.4 Å². The predicted octanol–water partition coefficient (Wildman–Crippen LogP) is 4.30. The number of carbonyl (C=O) groups is 3. The fraction of sp³-hybridized carbons (Fsp3) is 0.423. The smallest absolute Gasteiger partial charge is 0.332 e. The van der Waals surface area contributed by atoms with Gasteiger partial charge < -0.3 is 9.64 Å². The molecule has 2 aliphatic heterocycles. The van der Waals surface area contributed by atoms with Gasteiger partial charge in [0.1, 0.15) is 18.3 Å². The molecule has 4 rings (SSSR count). The lowest BCUT2D eigenvalue weighted by Gasteiger charge is -2.31. The first-order chi connectivity index (χ1) is 15.9. The van der Waals surface area contributed by atoms with E-state index >= 15 is 0 Å². The van der Waals surface area contributed by atoms with Gasteiger partial charge in [0.05, 0.1) is 13.2 Å². The quantitative estimate of drug-likeness (QED) is 0.638. The molecule has 2 unspecified atom stereocenters. The van der Waals surface area contributed by atoms with Crippen molar-refractivity contribution in [2.24, 2.45) is 0 Å². The molecule has 0 N–H and O–H groups in total. The SMILES string of the molecule is COc1ccc(C2CCCCCN2C(=O)CN2C(=O)C(C)N(c3ccc(C)cc3)C2=O)cc1. The Labute approximate surface area is 194 Å². The van der Waals surface area contributed by atoms with Gasteiger partial charge in [0.2, 0.25) is 5.91 Å². The first-order valence-corrected chi connectivity index (χ1v) is 11.6. The van der Waals surface area contributed by atoms with Crippen LogP contribution in [0.15, 0.2) is 48.5 Å². The van der Waals surface area contributed by atoms with Crippen molar-refractivity contribution in [2.45, 2.75) is 51.6 Å². The van der Waals surface area contributed by atoms with Crippen LogP contribution < -0.4 is 9.64 Å². The Morgan fingerprint density at radius 2 is 1.70 bits per heavy atom. The summed E-state index contributed by atoms with van der Waals surface area (Å²) in [4.78, 5) is 44.0. The summed E-state index contributed by atoms with van der Waals surface area (Å²) in [6.07, 6.45) is 3.84. The summed E-state index contributed by atoms with van der Waals surface area (Å²) < 4.78 is 5.26. The normalized spacial score (nSPS) is 21.4. The van der Waals surface area contributed by atoms with Crippen LogP contribution in [-0.4, -0.2) is 53.9 Å².